The van der Waals surface area contributed by atoms with Crippen LogP contribution in [0.4, 0.5) is 0 Å². The van der Waals surface area contributed by atoms with Crippen LogP contribution in [0.25, 0.3) is 0 Å². The van der Waals surface area contributed by atoms with Gasteiger partial charge in [-0.25, -0.2) is 0 Å². The number of aliphatic hydroxyl groups excluding tert-OH is 1. The lowest BCUT2D eigenvalue weighted by atomic mass is 10.1. The van der Waals surface area contributed by atoms with Gasteiger partial charge in [0.15, 0.2) is 0 Å². The molecule has 0 aliphatic carbocycles. The smallest absolute Gasteiger partial charge is 0.251 e. The first-order valence-electron chi connectivity index (χ1n) is 5.64. The largest absolute Gasteiger partial charge is 0.391 e. The summed E-state index contributed by atoms with van der Waals surface area (Å²) >= 11 is 5.82. The van der Waals surface area contributed by atoms with E-state index in [2.05, 4.69) is 5.32 Å². The highest BCUT2D eigenvalue weighted by Gasteiger charge is 2.13. The van der Waals surface area contributed by atoms with Crippen LogP contribution in [0.1, 0.15) is 29.8 Å². The number of carbonyl (C=O) groups is 1. The van der Waals surface area contributed by atoms with Gasteiger partial charge in [0.25, 0.3) is 5.91 Å². The summed E-state index contributed by atoms with van der Waals surface area (Å²) in [5.74, 6) is -0.0551. The van der Waals surface area contributed by atoms with E-state index in [0.717, 1.165) is 5.56 Å². The third kappa shape index (κ3) is 4.02. The molecule has 0 radical (unpaired) electrons. The standard InChI is InChI=1S/C13H18ClNO2/c1-8(2)12(16)7-15-13(17)11-5-4-10(14)6-9(11)3/h4-6,8,12,16H,7H2,1-3H3,(H,15,17). The molecule has 0 saturated heterocycles. The Kier molecular flexibility index (Phi) is 4.97. The monoisotopic (exact) mass is 255 g/mol. The number of aryl methyl sites for hydroxylation is 1. The Morgan fingerprint density at radius 3 is 2.65 bits per heavy atom. The Hall–Kier alpha value is -1.06. The van der Waals surface area contributed by atoms with Crippen molar-refractivity contribution in [2.45, 2.75) is 26.9 Å². The van der Waals surface area contributed by atoms with Gasteiger partial charge in [0, 0.05) is 17.1 Å². The van der Waals surface area contributed by atoms with Crippen molar-refractivity contribution < 1.29 is 9.90 Å². The second kappa shape index (κ2) is 6.03. The minimum Gasteiger partial charge on any atom is -0.391 e. The van der Waals surface area contributed by atoms with E-state index in [1.54, 1.807) is 18.2 Å². The molecule has 1 aromatic carbocycles. The molecular formula is C13H18ClNO2. The molecule has 2 N–H and O–H groups in total. The summed E-state index contributed by atoms with van der Waals surface area (Å²) in [6.45, 7) is 5.91. The van der Waals surface area contributed by atoms with Crippen molar-refractivity contribution in [3.05, 3.63) is 34.3 Å². The third-order valence-electron chi connectivity index (χ3n) is 2.67. The Bertz CT molecular complexity index is 404. The van der Waals surface area contributed by atoms with E-state index in [1.165, 1.54) is 0 Å². The Morgan fingerprint density at radius 1 is 1.47 bits per heavy atom. The quantitative estimate of drug-likeness (QED) is 0.868. The Morgan fingerprint density at radius 2 is 2.12 bits per heavy atom. The number of aliphatic hydroxyl groups is 1. The number of hydrogen-bond acceptors (Lipinski definition) is 2. The molecule has 0 saturated carbocycles. The third-order valence-corrected chi connectivity index (χ3v) is 2.91. The van der Waals surface area contributed by atoms with Crippen LogP contribution in [0.15, 0.2) is 18.2 Å². The normalized spacial score (nSPS) is 12.6. The molecule has 4 heteroatoms. The van der Waals surface area contributed by atoms with Gasteiger partial charge in [0.05, 0.1) is 6.10 Å². The zero-order chi connectivity index (χ0) is 13.0. The molecule has 0 heterocycles. The van der Waals surface area contributed by atoms with Gasteiger partial charge in [-0.05, 0) is 36.6 Å². The van der Waals surface area contributed by atoms with E-state index in [9.17, 15) is 9.90 Å². The van der Waals surface area contributed by atoms with Gasteiger partial charge < -0.3 is 10.4 Å². The van der Waals surface area contributed by atoms with Gasteiger partial charge in [-0.3, -0.25) is 4.79 Å². The molecule has 0 spiro atoms. The SMILES string of the molecule is Cc1cc(Cl)ccc1C(=O)NCC(O)C(C)C. The molecule has 0 fully saturated rings. The lowest BCUT2D eigenvalue weighted by molar-refractivity contribution is 0.0871. The number of nitrogens with one attached hydrogen (secondary N) is 1. The van der Waals surface area contributed by atoms with Crippen LogP contribution in [0.3, 0.4) is 0 Å². The zero-order valence-electron chi connectivity index (χ0n) is 10.3. The number of hydrogen-bond donors (Lipinski definition) is 2. The topological polar surface area (TPSA) is 49.3 Å². The van der Waals surface area contributed by atoms with Crippen molar-refractivity contribution in [2.24, 2.45) is 5.92 Å². The van der Waals surface area contributed by atoms with Gasteiger partial charge in [0.1, 0.15) is 0 Å². The first-order valence-corrected chi connectivity index (χ1v) is 6.02. The van der Waals surface area contributed by atoms with E-state index < -0.39 is 6.10 Å². The molecule has 17 heavy (non-hydrogen) atoms. The average molecular weight is 256 g/mol. The maximum Gasteiger partial charge on any atom is 0.251 e. The van der Waals surface area contributed by atoms with E-state index in [0.29, 0.717) is 10.6 Å². The molecule has 1 amide bonds. The summed E-state index contributed by atoms with van der Waals surface area (Å²) < 4.78 is 0. The fourth-order valence-corrected chi connectivity index (χ4v) is 1.64. The lowest BCUT2D eigenvalue weighted by Gasteiger charge is -2.15. The maximum atomic E-state index is 11.8. The fraction of sp³-hybridized carbons (Fsp3) is 0.462. The van der Waals surface area contributed by atoms with Gasteiger partial charge in [-0.1, -0.05) is 25.4 Å². The van der Waals surface area contributed by atoms with Crippen molar-refractivity contribution in [1.82, 2.24) is 5.32 Å². The summed E-state index contributed by atoms with van der Waals surface area (Å²) in [6, 6.07) is 5.12. The number of benzene rings is 1. The summed E-state index contributed by atoms with van der Waals surface area (Å²) in [7, 11) is 0. The van der Waals surface area contributed by atoms with Crippen LogP contribution in [-0.4, -0.2) is 23.7 Å². The minimum absolute atomic E-state index is 0.126. The number of halogens is 1. The van der Waals surface area contributed by atoms with Gasteiger partial charge in [-0.15, -0.1) is 0 Å². The average Bonchev–Trinajstić information content (AvgIpc) is 2.25. The number of rotatable bonds is 4. The predicted molar refractivity (Wildman–Crippen MR) is 69.4 cm³/mol. The van der Waals surface area contributed by atoms with Crippen molar-refractivity contribution >= 4 is 17.5 Å². The highest BCUT2D eigenvalue weighted by Crippen LogP contribution is 2.15. The van der Waals surface area contributed by atoms with Crippen LogP contribution < -0.4 is 5.32 Å². The van der Waals surface area contributed by atoms with Crippen molar-refractivity contribution in [3.63, 3.8) is 0 Å². The molecule has 1 aromatic rings. The molecule has 0 aliphatic rings. The second-order valence-corrected chi connectivity index (χ2v) is 4.92. The lowest BCUT2D eigenvalue weighted by Crippen LogP contribution is -2.35. The number of amides is 1. The Labute approximate surface area is 107 Å². The fourth-order valence-electron chi connectivity index (χ4n) is 1.41. The molecule has 1 unspecified atom stereocenters. The molecule has 0 aliphatic heterocycles. The van der Waals surface area contributed by atoms with Gasteiger partial charge in [-0.2, -0.15) is 0 Å². The summed E-state index contributed by atoms with van der Waals surface area (Å²) in [5.41, 5.74) is 1.42. The van der Waals surface area contributed by atoms with Crippen LogP contribution in [0.5, 0.6) is 0 Å². The van der Waals surface area contributed by atoms with E-state index in [-0.39, 0.29) is 18.4 Å². The van der Waals surface area contributed by atoms with Crippen molar-refractivity contribution in [3.8, 4) is 0 Å². The first kappa shape index (κ1) is 14.0. The highest BCUT2D eigenvalue weighted by atomic mass is 35.5. The molecular weight excluding hydrogens is 238 g/mol. The molecule has 0 aromatic heterocycles. The highest BCUT2D eigenvalue weighted by molar-refractivity contribution is 6.30. The summed E-state index contributed by atoms with van der Waals surface area (Å²) in [4.78, 5) is 11.8. The maximum absolute atomic E-state index is 11.8. The second-order valence-electron chi connectivity index (χ2n) is 4.48. The van der Waals surface area contributed by atoms with Gasteiger partial charge in [0.2, 0.25) is 0 Å². The molecule has 3 nitrogen and oxygen atoms in total. The van der Waals surface area contributed by atoms with Crippen molar-refractivity contribution in [2.75, 3.05) is 6.54 Å². The summed E-state index contributed by atoms with van der Waals surface area (Å²) in [5, 5.41) is 12.9. The van der Waals surface area contributed by atoms with Crippen LogP contribution in [0.2, 0.25) is 5.02 Å². The van der Waals surface area contributed by atoms with Crippen molar-refractivity contribution in [1.29, 1.82) is 0 Å². The van der Waals surface area contributed by atoms with Crippen LogP contribution in [-0.2, 0) is 0 Å². The predicted octanol–water partition coefficient (Wildman–Crippen LogP) is 2.40. The van der Waals surface area contributed by atoms with Crippen LogP contribution in [0, 0.1) is 12.8 Å². The van der Waals surface area contributed by atoms with E-state index in [1.807, 2.05) is 20.8 Å². The van der Waals surface area contributed by atoms with Crippen LogP contribution >= 0.6 is 11.6 Å². The Balaban J connectivity index is 2.64. The molecule has 0 bridgehead atoms. The summed E-state index contributed by atoms with van der Waals surface area (Å²) in [6.07, 6.45) is -0.522. The molecule has 1 atom stereocenters. The van der Waals surface area contributed by atoms with E-state index in [4.69, 9.17) is 11.6 Å². The minimum atomic E-state index is -0.522. The molecule has 1 rings (SSSR count). The van der Waals surface area contributed by atoms with Gasteiger partial charge >= 0.3 is 0 Å². The van der Waals surface area contributed by atoms with E-state index >= 15 is 0 Å². The number of carbonyl (C=O) groups excluding carboxylic acids is 1. The molecule has 94 valence electrons. The first-order chi connectivity index (χ1) is 7.91. The zero-order valence-corrected chi connectivity index (χ0v) is 11.1.